The first kappa shape index (κ1) is 19.3. The van der Waals surface area contributed by atoms with E-state index in [4.69, 9.17) is 0 Å². The summed E-state index contributed by atoms with van der Waals surface area (Å²) >= 11 is 0. The van der Waals surface area contributed by atoms with Crippen molar-refractivity contribution in [3.8, 4) is 0 Å². The number of hydrogen-bond donors (Lipinski definition) is 0. The van der Waals surface area contributed by atoms with Crippen molar-refractivity contribution in [2.45, 2.75) is 12.8 Å². The summed E-state index contributed by atoms with van der Waals surface area (Å²) < 4.78 is 26.9. The number of amides is 1. The highest BCUT2D eigenvalue weighted by Gasteiger charge is 2.22. The SMILES string of the molecule is O=C(/C=C/c1cc(F)ccc1F)N1CCN(c2ccnc(N3CCCC3)n2)CC1. The second kappa shape index (κ2) is 8.55. The number of carbonyl (C=O) groups is 1. The first-order valence-corrected chi connectivity index (χ1v) is 9.85. The molecular weight excluding hydrogens is 376 g/mol. The summed E-state index contributed by atoms with van der Waals surface area (Å²) in [5.41, 5.74) is 0.0624. The Kier molecular flexibility index (Phi) is 5.69. The fraction of sp³-hybridized carbons (Fsp3) is 0.381. The number of anilines is 2. The van der Waals surface area contributed by atoms with E-state index in [0.717, 1.165) is 43.1 Å². The minimum absolute atomic E-state index is 0.0624. The first-order chi connectivity index (χ1) is 14.1. The van der Waals surface area contributed by atoms with Gasteiger partial charge in [0.2, 0.25) is 11.9 Å². The molecule has 2 aliphatic rings. The van der Waals surface area contributed by atoms with Crippen LogP contribution in [0.1, 0.15) is 18.4 Å². The highest BCUT2D eigenvalue weighted by atomic mass is 19.1. The third-order valence-corrected chi connectivity index (χ3v) is 5.30. The van der Waals surface area contributed by atoms with Crippen molar-refractivity contribution in [1.82, 2.24) is 14.9 Å². The van der Waals surface area contributed by atoms with Gasteiger partial charge in [-0.2, -0.15) is 4.98 Å². The lowest BCUT2D eigenvalue weighted by Gasteiger charge is -2.35. The van der Waals surface area contributed by atoms with Crippen LogP contribution in [0.2, 0.25) is 0 Å². The predicted octanol–water partition coefficient (Wildman–Crippen LogP) is 2.72. The number of hydrogen-bond acceptors (Lipinski definition) is 5. The molecule has 4 rings (SSSR count). The van der Waals surface area contributed by atoms with Crippen LogP contribution in [0.25, 0.3) is 6.08 Å². The highest BCUT2D eigenvalue weighted by molar-refractivity contribution is 5.92. The molecule has 0 radical (unpaired) electrons. The van der Waals surface area contributed by atoms with Crippen LogP contribution in [-0.2, 0) is 4.79 Å². The van der Waals surface area contributed by atoms with Crippen molar-refractivity contribution >= 4 is 23.7 Å². The van der Waals surface area contributed by atoms with Gasteiger partial charge in [-0.25, -0.2) is 13.8 Å². The van der Waals surface area contributed by atoms with Gasteiger partial charge in [0.15, 0.2) is 0 Å². The predicted molar refractivity (Wildman–Crippen MR) is 108 cm³/mol. The van der Waals surface area contributed by atoms with Gasteiger partial charge in [-0.1, -0.05) is 0 Å². The van der Waals surface area contributed by atoms with E-state index >= 15 is 0 Å². The molecule has 2 aromatic rings. The van der Waals surface area contributed by atoms with Crippen LogP contribution < -0.4 is 9.80 Å². The zero-order chi connectivity index (χ0) is 20.2. The highest BCUT2D eigenvalue weighted by Crippen LogP contribution is 2.20. The summed E-state index contributed by atoms with van der Waals surface area (Å²) in [6.45, 7) is 4.37. The molecule has 3 heterocycles. The number of aromatic nitrogens is 2. The van der Waals surface area contributed by atoms with Crippen LogP contribution >= 0.6 is 0 Å². The van der Waals surface area contributed by atoms with Gasteiger partial charge in [0, 0.05) is 57.1 Å². The fourth-order valence-electron chi connectivity index (χ4n) is 3.65. The third-order valence-electron chi connectivity index (χ3n) is 5.30. The van der Waals surface area contributed by atoms with E-state index in [9.17, 15) is 13.6 Å². The van der Waals surface area contributed by atoms with Crippen molar-refractivity contribution in [2.75, 3.05) is 49.1 Å². The molecule has 0 bridgehead atoms. The molecule has 0 spiro atoms. The molecule has 2 aliphatic heterocycles. The quantitative estimate of drug-likeness (QED) is 0.740. The molecule has 0 aliphatic carbocycles. The molecule has 2 saturated heterocycles. The molecule has 152 valence electrons. The van der Waals surface area contributed by atoms with E-state index in [-0.39, 0.29) is 11.5 Å². The van der Waals surface area contributed by atoms with Crippen molar-refractivity contribution in [1.29, 1.82) is 0 Å². The topological polar surface area (TPSA) is 52.6 Å². The maximum Gasteiger partial charge on any atom is 0.246 e. The fourth-order valence-corrected chi connectivity index (χ4v) is 3.65. The lowest BCUT2D eigenvalue weighted by atomic mass is 10.2. The number of carbonyl (C=O) groups excluding carboxylic acids is 1. The monoisotopic (exact) mass is 399 g/mol. The lowest BCUT2D eigenvalue weighted by Crippen LogP contribution is -2.48. The molecule has 0 atom stereocenters. The molecule has 0 N–H and O–H groups in total. The van der Waals surface area contributed by atoms with Crippen molar-refractivity contribution in [3.63, 3.8) is 0 Å². The van der Waals surface area contributed by atoms with Gasteiger partial charge in [-0.05, 0) is 43.2 Å². The van der Waals surface area contributed by atoms with Crippen molar-refractivity contribution < 1.29 is 13.6 Å². The van der Waals surface area contributed by atoms with Gasteiger partial charge in [0.05, 0.1) is 0 Å². The van der Waals surface area contributed by atoms with Crippen molar-refractivity contribution in [2.24, 2.45) is 0 Å². The summed E-state index contributed by atoms with van der Waals surface area (Å²) in [6.07, 6.45) is 6.73. The number of nitrogens with zero attached hydrogens (tertiary/aromatic N) is 5. The van der Waals surface area contributed by atoms with E-state index in [1.165, 1.54) is 25.0 Å². The molecule has 29 heavy (non-hydrogen) atoms. The average Bonchev–Trinajstić information content (AvgIpc) is 3.29. The summed E-state index contributed by atoms with van der Waals surface area (Å²) in [6, 6.07) is 5.07. The first-order valence-electron chi connectivity index (χ1n) is 9.85. The Balaban J connectivity index is 1.35. The van der Waals surface area contributed by atoms with E-state index in [1.54, 1.807) is 11.1 Å². The van der Waals surface area contributed by atoms with E-state index < -0.39 is 11.6 Å². The second-order valence-electron chi connectivity index (χ2n) is 7.22. The van der Waals surface area contributed by atoms with E-state index in [1.807, 2.05) is 6.07 Å². The molecule has 1 aromatic heterocycles. The largest absolute Gasteiger partial charge is 0.353 e. The number of piperazine rings is 1. The van der Waals surface area contributed by atoms with Gasteiger partial charge in [-0.15, -0.1) is 0 Å². The van der Waals surface area contributed by atoms with Gasteiger partial charge >= 0.3 is 0 Å². The Labute approximate surface area is 168 Å². The lowest BCUT2D eigenvalue weighted by molar-refractivity contribution is -0.126. The normalized spacial score (nSPS) is 17.4. The van der Waals surface area contributed by atoms with Crippen LogP contribution in [0.5, 0.6) is 0 Å². The Bertz CT molecular complexity index is 906. The Morgan fingerprint density at radius 2 is 1.72 bits per heavy atom. The molecular formula is C21H23F2N5O. The van der Waals surface area contributed by atoms with E-state index in [0.29, 0.717) is 26.2 Å². The zero-order valence-corrected chi connectivity index (χ0v) is 16.1. The van der Waals surface area contributed by atoms with Crippen LogP contribution in [0.3, 0.4) is 0 Å². The molecule has 1 amide bonds. The van der Waals surface area contributed by atoms with Gasteiger partial charge in [-0.3, -0.25) is 4.79 Å². The molecule has 0 unspecified atom stereocenters. The summed E-state index contributed by atoms with van der Waals surface area (Å²) in [5.74, 6) is 0.321. The maximum absolute atomic E-state index is 13.7. The maximum atomic E-state index is 13.7. The van der Waals surface area contributed by atoms with Gasteiger partial charge in [0.25, 0.3) is 0 Å². The van der Waals surface area contributed by atoms with Gasteiger partial charge in [0.1, 0.15) is 17.5 Å². The molecule has 0 saturated carbocycles. The molecule has 6 nitrogen and oxygen atoms in total. The Hall–Kier alpha value is -3.03. The average molecular weight is 399 g/mol. The third kappa shape index (κ3) is 4.52. The number of rotatable bonds is 4. The molecule has 2 fully saturated rings. The molecule has 8 heteroatoms. The van der Waals surface area contributed by atoms with Crippen molar-refractivity contribution in [3.05, 3.63) is 53.7 Å². The second-order valence-corrected chi connectivity index (χ2v) is 7.22. The van der Waals surface area contributed by atoms with Crippen LogP contribution in [0.4, 0.5) is 20.5 Å². The molecule has 1 aromatic carbocycles. The summed E-state index contributed by atoms with van der Waals surface area (Å²) in [7, 11) is 0. The van der Waals surface area contributed by atoms with Gasteiger partial charge < -0.3 is 14.7 Å². The summed E-state index contributed by atoms with van der Waals surface area (Å²) in [4.78, 5) is 27.5. The van der Waals surface area contributed by atoms with Crippen LogP contribution in [-0.4, -0.2) is 60.0 Å². The van der Waals surface area contributed by atoms with Crippen LogP contribution in [0.15, 0.2) is 36.5 Å². The minimum atomic E-state index is -0.558. The Morgan fingerprint density at radius 1 is 0.966 bits per heavy atom. The Morgan fingerprint density at radius 3 is 2.48 bits per heavy atom. The van der Waals surface area contributed by atoms with E-state index in [2.05, 4.69) is 19.8 Å². The summed E-state index contributed by atoms with van der Waals surface area (Å²) in [5, 5.41) is 0. The minimum Gasteiger partial charge on any atom is -0.353 e. The van der Waals surface area contributed by atoms with Crippen LogP contribution in [0, 0.1) is 11.6 Å². The standard InChI is InChI=1S/C21H23F2N5O/c22-17-4-5-18(23)16(15-17)3-6-20(29)27-13-11-26(12-14-27)19-7-8-24-21(25-19)28-9-1-2-10-28/h3-8,15H,1-2,9-14H2/b6-3+. The zero-order valence-electron chi connectivity index (χ0n) is 16.1. The smallest absolute Gasteiger partial charge is 0.246 e. The number of benzene rings is 1. The number of halogens is 2.